The van der Waals surface area contributed by atoms with E-state index in [1.807, 2.05) is 6.08 Å². The number of hydrogen-bond acceptors (Lipinski definition) is 1. The summed E-state index contributed by atoms with van der Waals surface area (Å²) in [6.07, 6.45) is 9.55. The van der Waals surface area contributed by atoms with Gasteiger partial charge in [-0.2, -0.15) is 0 Å². The van der Waals surface area contributed by atoms with Crippen LogP contribution in [-0.2, 0) is 4.79 Å². The van der Waals surface area contributed by atoms with Gasteiger partial charge in [0, 0.05) is 6.42 Å². The smallest absolute Gasteiger partial charge is 0.119 e. The van der Waals surface area contributed by atoms with Gasteiger partial charge in [0.2, 0.25) is 0 Å². The third-order valence-electron chi connectivity index (χ3n) is 2.13. The van der Waals surface area contributed by atoms with Crippen LogP contribution in [0.15, 0.2) is 12.7 Å². The van der Waals surface area contributed by atoms with E-state index in [0.29, 0.717) is 0 Å². The van der Waals surface area contributed by atoms with Crippen molar-refractivity contribution < 1.29 is 4.79 Å². The molecule has 0 aromatic carbocycles. The summed E-state index contributed by atoms with van der Waals surface area (Å²) in [6, 6.07) is 0. The van der Waals surface area contributed by atoms with Crippen molar-refractivity contribution in [1.29, 1.82) is 0 Å². The Bertz CT molecular complexity index is 118. The summed E-state index contributed by atoms with van der Waals surface area (Å²) in [5.41, 5.74) is 0. The van der Waals surface area contributed by atoms with E-state index in [-0.39, 0.29) is 0 Å². The van der Waals surface area contributed by atoms with Gasteiger partial charge in [-0.05, 0) is 25.2 Å². The average Bonchev–Trinajstić information content (AvgIpc) is 2.06. The van der Waals surface area contributed by atoms with E-state index in [9.17, 15) is 4.79 Å². The van der Waals surface area contributed by atoms with E-state index in [2.05, 4.69) is 13.5 Å². The summed E-state index contributed by atoms with van der Waals surface area (Å²) in [5.74, 6) is 0.757. The molecule has 1 unspecified atom stereocenters. The molecule has 1 nitrogen and oxygen atoms in total. The Morgan fingerprint density at radius 3 is 2.67 bits per heavy atom. The van der Waals surface area contributed by atoms with Crippen LogP contribution in [0.4, 0.5) is 0 Å². The maximum Gasteiger partial charge on any atom is 0.119 e. The number of hydrogen-bond donors (Lipinski definition) is 0. The van der Waals surface area contributed by atoms with E-state index < -0.39 is 0 Å². The molecule has 0 aliphatic heterocycles. The van der Waals surface area contributed by atoms with Crippen molar-refractivity contribution in [1.82, 2.24) is 0 Å². The molecule has 70 valence electrons. The minimum Gasteiger partial charge on any atom is -0.303 e. The fourth-order valence-electron chi connectivity index (χ4n) is 1.51. The Balaban J connectivity index is 3.46. The van der Waals surface area contributed by atoms with Crippen LogP contribution in [0, 0.1) is 5.92 Å². The minimum atomic E-state index is 0.720. The van der Waals surface area contributed by atoms with Crippen LogP contribution >= 0.6 is 0 Å². The van der Waals surface area contributed by atoms with Crippen LogP contribution in [-0.4, -0.2) is 6.29 Å². The first-order valence-corrected chi connectivity index (χ1v) is 4.89. The van der Waals surface area contributed by atoms with Crippen LogP contribution in [0.5, 0.6) is 0 Å². The molecule has 0 bridgehead atoms. The van der Waals surface area contributed by atoms with Gasteiger partial charge in [0.15, 0.2) is 0 Å². The first-order valence-electron chi connectivity index (χ1n) is 4.89. The lowest BCUT2D eigenvalue weighted by atomic mass is 9.94. The molecule has 0 N–H and O–H groups in total. The zero-order valence-corrected chi connectivity index (χ0v) is 8.09. The molecule has 0 aromatic heterocycles. The highest BCUT2D eigenvalue weighted by molar-refractivity contribution is 5.48. The minimum absolute atomic E-state index is 0.720. The number of carbonyl (C=O) groups excluding carboxylic acids is 1. The van der Waals surface area contributed by atoms with Crippen LogP contribution in [0.2, 0.25) is 0 Å². The van der Waals surface area contributed by atoms with Crippen LogP contribution < -0.4 is 0 Å². The van der Waals surface area contributed by atoms with E-state index in [1.165, 1.54) is 19.3 Å². The first-order chi connectivity index (χ1) is 5.85. The first kappa shape index (κ1) is 11.4. The van der Waals surface area contributed by atoms with Gasteiger partial charge in [0.05, 0.1) is 0 Å². The fraction of sp³-hybridized carbons (Fsp3) is 0.727. The summed E-state index contributed by atoms with van der Waals surface area (Å²) >= 11 is 0. The molecule has 0 rings (SSSR count). The molecule has 0 radical (unpaired) electrons. The quantitative estimate of drug-likeness (QED) is 0.308. The Kier molecular flexibility index (Phi) is 8.09. The van der Waals surface area contributed by atoms with Gasteiger partial charge >= 0.3 is 0 Å². The summed E-state index contributed by atoms with van der Waals surface area (Å²) in [4.78, 5) is 10.1. The molecule has 0 saturated carbocycles. The number of carbonyl (C=O) groups is 1. The van der Waals surface area contributed by atoms with Gasteiger partial charge < -0.3 is 4.79 Å². The third kappa shape index (κ3) is 6.14. The van der Waals surface area contributed by atoms with Gasteiger partial charge in [0.1, 0.15) is 6.29 Å². The molecule has 0 spiro atoms. The van der Waals surface area contributed by atoms with Gasteiger partial charge in [0.25, 0.3) is 0 Å². The van der Waals surface area contributed by atoms with Gasteiger partial charge in [-0.15, -0.1) is 6.58 Å². The fourth-order valence-corrected chi connectivity index (χ4v) is 1.51. The maximum atomic E-state index is 10.1. The molecule has 0 aliphatic rings. The Hall–Kier alpha value is -0.590. The Morgan fingerprint density at radius 2 is 2.17 bits per heavy atom. The van der Waals surface area contributed by atoms with E-state index in [0.717, 1.165) is 31.5 Å². The maximum absolute atomic E-state index is 10.1. The molecule has 12 heavy (non-hydrogen) atoms. The zero-order valence-electron chi connectivity index (χ0n) is 8.09. The van der Waals surface area contributed by atoms with E-state index in [4.69, 9.17) is 0 Å². The normalized spacial score (nSPS) is 12.4. The third-order valence-corrected chi connectivity index (χ3v) is 2.13. The second kappa shape index (κ2) is 8.51. The summed E-state index contributed by atoms with van der Waals surface area (Å²) in [6.45, 7) is 5.95. The average molecular weight is 168 g/mol. The summed E-state index contributed by atoms with van der Waals surface area (Å²) in [5, 5.41) is 0. The molecular formula is C11H20O. The number of allylic oxidation sites excluding steroid dienone is 1. The number of rotatable bonds is 8. The van der Waals surface area contributed by atoms with E-state index in [1.54, 1.807) is 0 Å². The molecule has 1 atom stereocenters. The standard InChI is InChI=1S/C11H20O/c1-3-7-11(8-4-2)9-5-6-10-12/h3,10-11H,1,4-9H2,2H3. The van der Waals surface area contributed by atoms with Crippen molar-refractivity contribution in [2.75, 3.05) is 0 Å². The SMILES string of the molecule is C=CCC(CCC)CCCC=O. The zero-order chi connectivity index (χ0) is 9.23. The molecule has 0 fully saturated rings. The van der Waals surface area contributed by atoms with Crippen LogP contribution in [0.3, 0.4) is 0 Å². The lowest BCUT2D eigenvalue weighted by Crippen LogP contribution is -1.98. The molecule has 0 aliphatic carbocycles. The van der Waals surface area contributed by atoms with Crippen molar-refractivity contribution in [3.05, 3.63) is 12.7 Å². The van der Waals surface area contributed by atoms with Gasteiger partial charge in [-0.1, -0.05) is 25.8 Å². The van der Waals surface area contributed by atoms with Crippen molar-refractivity contribution in [2.45, 2.75) is 45.4 Å². The monoisotopic (exact) mass is 168 g/mol. The molecule has 0 heterocycles. The predicted octanol–water partition coefficient (Wildman–Crippen LogP) is 3.35. The second-order valence-corrected chi connectivity index (χ2v) is 3.28. The summed E-state index contributed by atoms with van der Waals surface area (Å²) < 4.78 is 0. The van der Waals surface area contributed by atoms with Gasteiger partial charge in [-0.25, -0.2) is 0 Å². The predicted molar refractivity (Wildman–Crippen MR) is 53.1 cm³/mol. The van der Waals surface area contributed by atoms with Crippen molar-refractivity contribution in [2.24, 2.45) is 5.92 Å². The molecule has 0 aromatic rings. The lowest BCUT2D eigenvalue weighted by Gasteiger charge is -2.12. The molecular weight excluding hydrogens is 148 g/mol. The second-order valence-electron chi connectivity index (χ2n) is 3.28. The van der Waals surface area contributed by atoms with Gasteiger partial charge in [-0.3, -0.25) is 0 Å². The van der Waals surface area contributed by atoms with Crippen molar-refractivity contribution in [3.8, 4) is 0 Å². The van der Waals surface area contributed by atoms with Crippen LogP contribution in [0.25, 0.3) is 0 Å². The van der Waals surface area contributed by atoms with Crippen molar-refractivity contribution >= 4 is 6.29 Å². The Labute approximate surface area is 75.9 Å². The number of unbranched alkanes of at least 4 members (excludes halogenated alkanes) is 1. The number of aldehydes is 1. The molecule has 0 amide bonds. The highest BCUT2D eigenvalue weighted by atomic mass is 16.1. The molecule has 1 heteroatoms. The Morgan fingerprint density at radius 1 is 1.42 bits per heavy atom. The summed E-state index contributed by atoms with van der Waals surface area (Å²) in [7, 11) is 0. The topological polar surface area (TPSA) is 17.1 Å². The highest BCUT2D eigenvalue weighted by Crippen LogP contribution is 2.18. The highest BCUT2D eigenvalue weighted by Gasteiger charge is 2.04. The molecule has 0 saturated heterocycles. The van der Waals surface area contributed by atoms with Crippen molar-refractivity contribution in [3.63, 3.8) is 0 Å². The lowest BCUT2D eigenvalue weighted by molar-refractivity contribution is -0.107. The van der Waals surface area contributed by atoms with E-state index >= 15 is 0 Å². The van der Waals surface area contributed by atoms with Crippen LogP contribution in [0.1, 0.15) is 45.4 Å². The largest absolute Gasteiger partial charge is 0.303 e.